The summed E-state index contributed by atoms with van der Waals surface area (Å²) in [6.07, 6.45) is 3.23. The zero-order valence-electron chi connectivity index (χ0n) is 12.5. The van der Waals surface area contributed by atoms with E-state index in [1.54, 1.807) is 30.3 Å². The highest BCUT2D eigenvalue weighted by molar-refractivity contribution is 6.11. The second-order valence-electron chi connectivity index (χ2n) is 5.27. The van der Waals surface area contributed by atoms with Crippen molar-refractivity contribution in [2.45, 2.75) is 32.6 Å². The van der Waals surface area contributed by atoms with Crippen LogP contribution in [0.3, 0.4) is 0 Å². The lowest BCUT2D eigenvalue weighted by molar-refractivity contribution is 0.103. The summed E-state index contributed by atoms with van der Waals surface area (Å²) in [5.74, 6) is -1.48. The lowest BCUT2D eigenvalue weighted by Crippen LogP contribution is -2.03. The van der Waals surface area contributed by atoms with E-state index in [9.17, 15) is 20.1 Å². The normalized spacial score (nSPS) is 10.6. The number of hydrogen-bond acceptors (Lipinski definition) is 4. The van der Waals surface area contributed by atoms with E-state index >= 15 is 0 Å². The van der Waals surface area contributed by atoms with Crippen LogP contribution < -0.4 is 0 Å². The van der Waals surface area contributed by atoms with Gasteiger partial charge in [-0.15, -0.1) is 0 Å². The Morgan fingerprint density at radius 1 is 1.00 bits per heavy atom. The largest absolute Gasteiger partial charge is 0.508 e. The molecule has 0 radical (unpaired) electrons. The zero-order chi connectivity index (χ0) is 16.1. The Labute approximate surface area is 129 Å². The highest BCUT2D eigenvalue weighted by Gasteiger charge is 2.21. The van der Waals surface area contributed by atoms with Crippen molar-refractivity contribution in [1.29, 1.82) is 0 Å². The average molecular weight is 300 g/mol. The molecule has 2 aromatic rings. The van der Waals surface area contributed by atoms with E-state index in [0.717, 1.165) is 19.3 Å². The standard InChI is InChI=1S/C18H20O4/c1-2-3-5-10-13-15(19)11-14(18(22)17(13)21)16(20)12-8-6-4-7-9-12/h4,6-9,11,19,21-22H,2-3,5,10H2,1H3. The minimum atomic E-state index is -0.474. The Hall–Kier alpha value is -2.49. The summed E-state index contributed by atoms with van der Waals surface area (Å²) in [5.41, 5.74) is 0.575. The van der Waals surface area contributed by atoms with Gasteiger partial charge in [0, 0.05) is 11.1 Å². The molecule has 0 aliphatic rings. The van der Waals surface area contributed by atoms with Gasteiger partial charge in [-0.3, -0.25) is 4.79 Å². The van der Waals surface area contributed by atoms with E-state index in [2.05, 4.69) is 6.92 Å². The first-order valence-electron chi connectivity index (χ1n) is 7.42. The van der Waals surface area contributed by atoms with Gasteiger partial charge in [-0.05, 0) is 18.9 Å². The Morgan fingerprint density at radius 2 is 1.68 bits per heavy atom. The predicted molar refractivity (Wildman–Crippen MR) is 84.5 cm³/mol. The molecule has 0 aliphatic carbocycles. The summed E-state index contributed by atoms with van der Waals surface area (Å²) >= 11 is 0. The van der Waals surface area contributed by atoms with E-state index in [1.807, 2.05) is 0 Å². The molecule has 3 N–H and O–H groups in total. The molecule has 0 amide bonds. The molecule has 0 saturated heterocycles. The van der Waals surface area contributed by atoms with Crippen LogP contribution in [0.1, 0.15) is 47.7 Å². The van der Waals surface area contributed by atoms with Gasteiger partial charge in [-0.25, -0.2) is 0 Å². The first-order chi connectivity index (χ1) is 10.6. The fraction of sp³-hybridized carbons (Fsp3) is 0.278. The summed E-state index contributed by atoms with van der Waals surface area (Å²) in [5, 5.41) is 30.3. The number of rotatable bonds is 6. The maximum absolute atomic E-state index is 12.4. The Bertz CT molecular complexity index is 663. The molecule has 0 bridgehead atoms. The summed E-state index contributed by atoms with van der Waals surface area (Å²) in [6.45, 7) is 2.05. The Morgan fingerprint density at radius 3 is 2.32 bits per heavy atom. The van der Waals surface area contributed by atoms with Crippen LogP contribution in [0.2, 0.25) is 0 Å². The fourth-order valence-corrected chi connectivity index (χ4v) is 2.40. The van der Waals surface area contributed by atoms with Crippen LogP contribution in [0.15, 0.2) is 36.4 Å². The molecule has 0 aliphatic heterocycles. The van der Waals surface area contributed by atoms with Crippen molar-refractivity contribution < 1.29 is 20.1 Å². The maximum atomic E-state index is 12.4. The average Bonchev–Trinajstić information content (AvgIpc) is 2.54. The van der Waals surface area contributed by atoms with E-state index < -0.39 is 17.3 Å². The van der Waals surface area contributed by atoms with Crippen molar-refractivity contribution in [3.05, 3.63) is 53.1 Å². The molecule has 0 heterocycles. The minimum Gasteiger partial charge on any atom is -0.508 e. The van der Waals surface area contributed by atoms with Gasteiger partial charge in [0.2, 0.25) is 0 Å². The third-order valence-electron chi connectivity index (χ3n) is 3.67. The molecule has 0 aromatic heterocycles. The highest BCUT2D eigenvalue weighted by Crippen LogP contribution is 2.40. The van der Waals surface area contributed by atoms with Gasteiger partial charge in [-0.2, -0.15) is 0 Å². The molecule has 116 valence electrons. The number of ketones is 1. The van der Waals surface area contributed by atoms with E-state index in [-0.39, 0.29) is 16.9 Å². The first kappa shape index (κ1) is 15.9. The molecule has 0 saturated carbocycles. The second-order valence-corrected chi connectivity index (χ2v) is 5.27. The summed E-state index contributed by atoms with van der Waals surface area (Å²) in [7, 11) is 0. The number of hydrogen-bond donors (Lipinski definition) is 3. The van der Waals surface area contributed by atoms with Crippen molar-refractivity contribution in [2.24, 2.45) is 0 Å². The van der Waals surface area contributed by atoms with Gasteiger partial charge in [0.05, 0.1) is 5.56 Å². The molecule has 4 heteroatoms. The van der Waals surface area contributed by atoms with Crippen molar-refractivity contribution >= 4 is 5.78 Å². The summed E-state index contributed by atoms with van der Waals surface area (Å²) in [6, 6.07) is 9.66. The molecule has 22 heavy (non-hydrogen) atoms. The van der Waals surface area contributed by atoms with Gasteiger partial charge in [0.25, 0.3) is 0 Å². The van der Waals surface area contributed by atoms with E-state index in [4.69, 9.17) is 0 Å². The highest BCUT2D eigenvalue weighted by atomic mass is 16.3. The van der Waals surface area contributed by atoms with E-state index in [0.29, 0.717) is 12.0 Å². The third-order valence-corrected chi connectivity index (χ3v) is 3.67. The van der Waals surface area contributed by atoms with E-state index in [1.165, 1.54) is 6.07 Å². The third kappa shape index (κ3) is 3.22. The van der Waals surface area contributed by atoms with Crippen LogP contribution >= 0.6 is 0 Å². The van der Waals surface area contributed by atoms with Crippen molar-refractivity contribution in [2.75, 3.05) is 0 Å². The predicted octanol–water partition coefficient (Wildman–Crippen LogP) is 3.77. The first-order valence-corrected chi connectivity index (χ1v) is 7.42. The molecule has 0 fully saturated rings. The van der Waals surface area contributed by atoms with Crippen molar-refractivity contribution in [1.82, 2.24) is 0 Å². The number of unbranched alkanes of at least 4 members (excludes halogenated alkanes) is 2. The zero-order valence-corrected chi connectivity index (χ0v) is 12.5. The Kier molecular flexibility index (Phi) is 5.04. The summed E-state index contributed by atoms with van der Waals surface area (Å²) < 4.78 is 0. The molecule has 0 unspecified atom stereocenters. The summed E-state index contributed by atoms with van der Waals surface area (Å²) in [4.78, 5) is 12.4. The number of phenolic OH excluding ortho intramolecular Hbond substituents is 3. The van der Waals surface area contributed by atoms with Gasteiger partial charge in [-0.1, -0.05) is 50.1 Å². The fourth-order valence-electron chi connectivity index (χ4n) is 2.40. The van der Waals surface area contributed by atoms with Crippen LogP contribution in [0.4, 0.5) is 0 Å². The lowest BCUT2D eigenvalue weighted by Gasteiger charge is -2.12. The number of aromatic hydroxyl groups is 3. The van der Waals surface area contributed by atoms with Gasteiger partial charge in [0.1, 0.15) is 5.75 Å². The molecular formula is C18H20O4. The molecule has 2 aromatic carbocycles. The molecule has 2 rings (SSSR count). The van der Waals surface area contributed by atoms with Gasteiger partial charge in [0.15, 0.2) is 17.3 Å². The quantitative estimate of drug-likeness (QED) is 0.328. The molecular weight excluding hydrogens is 280 g/mol. The molecule has 0 spiro atoms. The number of benzene rings is 2. The molecule has 4 nitrogen and oxygen atoms in total. The monoisotopic (exact) mass is 300 g/mol. The van der Waals surface area contributed by atoms with Crippen LogP contribution in [0.5, 0.6) is 17.2 Å². The number of phenols is 3. The van der Waals surface area contributed by atoms with Crippen molar-refractivity contribution in [3.8, 4) is 17.2 Å². The van der Waals surface area contributed by atoms with Crippen LogP contribution in [-0.2, 0) is 6.42 Å². The minimum absolute atomic E-state index is 0.0968. The maximum Gasteiger partial charge on any atom is 0.197 e. The van der Waals surface area contributed by atoms with Gasteiger partial charge >= 0.3 is 0 Å². The molecule has 0 atom stereocenters. The van der Waals surface area contributed by atoms with Crippen LogP contribution in [-0.4, -0.2) is 21.1 Å². The van der Waals surface area contributed by atoms with Crippen molar-refractivity contribution in [3.63, 3.8) is 0 Å². The number of carbonyl (C=O) groups excluding carboxylic acids is 1. The Balaban J connectivity index is 2.37. The topological polar surface area (TPSA) is 77.8 Å². The van der Waals surface area contributed by atoms with Crippen LogP contribution in [0, 0.1) is 0 Å². The second kappa shape index (κ2) is 6.98. The van der Waals surface area contributed by atoms with Gasteiger partial charge < -0.3 is 15.3 Å². The lowest BCUT2D eigenvalue weighted by atomic mass is 9.97. The SMILES string of the molecule is CCCCCc1c(O)cc(C(=O)c2ccccc2)c(O)c1O. The number of carbonyl (C=O) groups is 1. The smallest absolute Gasteiger partial charge is 0.197 e. The van der Waals surface area contributed by atoms with Crippen LogP contribution in [0.25, 0.3) is 0 Å².